The predicted molar refractivity (Wildman–Crippen MR) is 75.4 cm³/mol. The van der Waals surface area contributed by atoms with Crippen LogP contribution >= 0.6 is 15.9 Å². The molecular weight excluding hydrogens is 292 g/mol. The summed E-state index contributed by atoms with van der Waals surface area (Å²) in [5, 5.41) is 0. The van der Waals surface area contributed by atoms with E-state index in [4.69, 9.17) is 0 Å². The molecule has 3 aromatic rings. The number of imidazole rings is 2. The summed E-state index contributed by atoms with van der Waals surface area (Å²) in [7, 11) is 4.02. The lowest BCUT2D eigenvalue weighted by Crippen LogP contribution is -1.94. The van der Waals surface area contributed by atoms with Gasteiger partial charge in [-0.05, 0) is 35.0 Å². The Labute approximate surface area is 113 Å². The summed E-state index contributed by atoms with van der Waals surface area (Å²) in [6, 6.07) is 6.29. The molecule has 0 aliphatic carbocycles. The number of hydrogen-bond acceptors (Lipinski definition) is 2. The van der Waals surface area contributed by atoms with Crippen LogP contribution in [0, 0.1) is 6.92 Å². The summed E-state index contributed by atoms with van der Waals surface area (Å²) >= 11 is 3.52. The average Bonchev–Trinajstić information content (AvgIpc) is 2.81. The van der Waals surface area contributed by atoms with Crippen LogP contribution in [0.2, 0.25) is 0 Å². The first kappa shape index (κ1) is 11.5. The van der Waals surface area contributed by atoms with E-state index in [-0.39, 0.29) is 0 Å². The largest absolute Gasteiger partial charge is 0.334 e. The van der Waals surface area contributed by atoms with Crippen LogP contribution in [0.15, 0.2) is 29.1 Å². The maximum Gasteiger partial charge on any atom is 0.132 e. The minimum atomic E-state index is 0.873. The van der Waals surface area contributed by atoms with Crippen LogP contribution < -0.4 is 0 Å². The molecule has 2 aromatic heterocycles. The van der Waals surface area contributed by atoms with Crippen LogP contribution in [0.25, 0.3) is 22.3 Å². The smallest absolute Gasteiger partial charge is 0.132 e. The zero-order valence-electron chi connectivity index (χ0n) is 10.5. The van der Waals surface area contributed by atoms with Gasteiger partial charge < -0.3 is 9.13 Å². The van der Waals surface area contributed by atoms with Crippen molar-refractivity contribution in [2.75, 3.05) is 0 Å². The van der Waals surface area contributed by atoms with Crippen LogP contribution in [0.5, 0.6) is 0 Å². The molecule has 0 N–H and O–H groups in total. The molecule has 5 heteroatoms. The quantitative estimate of drug-likeness (QED) is 0.693. The standard InChI is InChI=1S/C13H13BrN4/c1-8-16-13(14)12(18(8)3)9-4-5-11-10(6-9)15-7-17(11)2/h4-7H,1-3H3. The second-order valence-electron chi connectivity index (χ2n) is 4.42. The molecule has 92 valence electrons. The highest BCUT2D eigenvalue weighted by atomic mass is 79.9. The van der Waals surface area contributed by atoms with E-state index in [9.17, 15) is 0 Å². The van der Waals surface area contributed by atoms with E-state index in [2.05, 4.69) is 48.7 Å². The lowest BCUT2D eigenvalue weighted by Gasteiger charge is -2.05. The molecule has 2 heterocycles. The van der Waals surface area contributed by atoms with Gasteiger partial charge in [-0.25, -0.2) is 9.97 Å². The third-order valence-corrected chi connectivity index (χ3v) is 3.83. The molecule has 0 fully saturated rings. The van der Waals surface area contributed by atoms with Gasteiger partial charge in [0, 0.05) is 19.7 Å². The van der Waals surface area contributed by atoms with Gasteiger partial charge in [0.25, 0.3) is 0 Å². The molecule has 0 aliphatic rings. The van der Waals surface area contributed by atoms with E-state index in [1.165, 1.54) is 0 Å². The maximum absolute atomic E-state index is 4.43. The number of rotatable bonds is 1. The van der Waals surface area contributed by atoms with Crippen molar-refractivity contribution in [1.29, 1.82) is 0 Å². The molecule has 0 amide bonds. The monoisotopic (exact) mass is 304 g/mol. The van der Waals surface area contributed by atoms with Gasteiger partial charge >= 0.3 is 0 Å². The summed E-state index contributed by atoms with van der Waals surface area (Å²) in [5.41, 5.74) is 4.34. The topological polar surface area (TPSA) is 35.6 Å². The van der Waals surface area contributed by atoms with Crippen LogP contribution in [0.4, 0.5) is 0 Å². The third-order valence-electron chi connectivity index (χ3n) is 3.28. The Bertz CT molecular complexity index is 739. The van der Waals surface area contributed by atoms with Crippen molar-refractivity contribution in [3.8, 4) is 11.3 Å². The molecule has 18 heavy (non-hydrogen) atoms. The molecule has 0 aliphatic heterocycles. The fourth-order valence-electron chi connectivity index (χ4n) is 2.17. The molecule has 3 rings (SSSR count). The summed E-state index contributed by atoms with van der Waals surface area (Å²) < 4.78 is 4.97. The first-order valence-corrected chi connectivity index (χ1v) is 6.47. The fraction of sp³-hybridized carbons (Fsp3) is 0.231. The van der Waals surface area contributed by atoms with Crippen LogP contribution in [-0.2, 0) is 14.1 Å². The molecular formula is C13H13BrN4. The van der Waals surface area contributed by atoms with Crippen molar-refractivity contribution in [2.24, 2.45) is 14.1 Å². The second-order valence-corrected chi connectivity index (χ2v) is 5.17. The zero-order chi connectivity index (χ0) is 12.9. The van der Waals surface area contributed by atoms with Gasteiger partial charge in [-0.15, -0.1) is 0 Å². The molecule has 0 saturated heterocycles. The summed E-state index contributed by atoms with van der Waals surface area (Å²) in [5.74, 6) is 0.984. The van der Waals surface area contributed by atoms with E-state index in [1.807, 2.05) is 31.9 Å². The van der Waals surface area contributed by atoms with E-state index in [0.29, 0.717) is 0 Å². The minimum absolute atomic E-state index is 0.873. The molecule has 0 atom stereocenters. The molecule has 0 radical (unpaired) electrons. The molecule has 0 spiro atoms. The van der Waals surface area contributed by atoms with E-state index in [1.54, 1.807) is 0 Å². The first-order valence-electron chi connectivity index (χ1n) is 5.68. The molecule has 0 unspecified atom stereocenters. The molecule has 4 nitrogen and oxygen atoms in total. The second kappa shape index (κ2) is 3.95. The van der Waals surface area contributed by atoms with Gasteiger partial charge in [0.05, 0.1) is 23.1 Å². The Hall–Kier alpha value is -1.62. The zero-order valence-corrected chi connectivity index (χ0v) is 12.1. The number of fused-ring (bicyclic) bond motifs is 1. The van der Waals surface area contributed by atoms with Gasteiger partial charge in [0.2, 0.25) is 0 Å². The third kappa shape index (κ3) is 1.58. The van der Waals surface area contributed by atoms with Gasteiger partial charge in [-0.2, -0.15) is 0 Å². The normalized spacial score (nSPS) is 11.3. The number of halogens is 1. The predicted octanol–water partition coefficient (Wildman–Crippen LogP) is 3.04. The highest BCUT2D eigenvalue weighted by Gasteiger charge is 2.13. The average molecular weight is 305 g/mol. The number of benzene rings is 1. The summed E-state index contributed by atoms with van der Waals surface area (Å²) in [6.45, 7) is 1.99. The Kier molecular flexibility index (Phi) is 2.52. The number of aryl methyl sites for hydroxylation is 2. The Morgan fingerprint density at radius 1 is 1.22 bits per heavy atom. The molecule has 1 aromatic carbocycles. The molecule has 0 saturated carbocycles. The van der Waals surface area contributed by atoms with E-state index in [0.717, 1.165) is 32.7 Å². The van der Waals surface area contributed by atoms with Gasteiger partial charge in [0.1, 0.15) is 10.4 Å². The van der Waals surface area contributed by atoms with Crippen LogP contribution in [0.3, 0.4) is 0 Å². The number of aromatic nitrogens is 4. The lowest BCUT2D eigenvalue weighted by atomic mass is 10.1. The van der Waals surface area contributed by atoms with Crippen LogP contribution in [0.1, 0.15) is 5.82 Å². The first-order chi connectivity index (χ1) is 8.58. The van der Waals surface area contributed by atoms with Gasteiger partial charge in [-0.3, -0.25) is 0 Å². The Morgan fingerprint density at radius 3 is 2.67 bits per heavy atom. The Balaban J connectivity index is 2.25. The van der Waals surface area contributed by atoms with Crippen LogP contribution in [-0.4, -0.2) is 19.1 Å². The highest BCUT2D eigenvalue weighted by molar-refractivity contribution is 9.10. The summed E-state index contributed by atoms with van der Waals surface area (Å²) in [4.78, 5) is 8.81. The van der Waals surface area contributed by atoms with Gasteiger partial charge in [0.15, 0.2) is 0 Å². The van der Waals surface area contributed by atoms with Gasteiger partial charge in [-0.1, -0.05) is 6.07 Å². The SMILES string of the molecule is Cc1nc(Br)c(-c2ccc3c(c2)ncn3C)n1C. The van der Waals surface area contributed by atoms with E-state index >= 15 is 0 Å². The van der Waals surface area contributed by atoms with E-state index < -0.39 is 0 Å². The molecule has 0 bridgehead atoms. The fourth-order valence-corrected chi connectivity index (χ4v) is 2.92. The maximum atomic E-state index is 4.43. The lowest BCUT2D eigenvalue weighted by molar-refractivity contribution is 0.865. The summed E-state index contributed by atoms with van der Waals surface area (Å²) in [6.07, 6.45) is 1.83. The van der Waals surface area contributed by atoms with Crippen molar-refractivity contribution < 1.29 is 0 Å². The van der Waals surface area contributed by atoms with Crippen molar-refractivity contribution in [1.82, 2.24) is 19.1 Å². The minimum Gasteiger partial charge on any atom is -0.334 e. The van der Waals surface area contributed by atoms with Crippen molar-refractivity contribution in [3.63, 3.8) is 0 Å². The number of hydrogen-bond donors (Lipinski definition) is 0. The number of nitrogens with zero attached hydrogens (tertiary/aromatic N) is 4. The van der Waals surface area contributed by atoms with Crippen molar-refractivity contribution >= 4 is 27.0 Å². The van der Waals surface area contributed by atoms with Crippen molar-refractivity contribution in [2.45, 2.75) is 6.92 Å². The van der Waals surface area contributed by atoms with Crippen molar-refractivity contribution in [3.05, 3.63) is 35.0 Å². The Morgan fingerprint density at radius 2 is 2.00 bits per heavy atom. The highest BCUT2D eigenvalue weighted by Crippen LogP contribution is 2.30.